The zero-order valence-electron chi connectivity index (χ0n) is 13.5. The van der Waals surface area contributed by atoms with E-state index in [0.29, 0.717) is 12.5 Å². The molecule has 125 valence electrons. The fourth-order valence-electron chi connectivity index (χ4n) is 3.13. The number of fused-ring (bicyclic) bond motifs is 1. The van der Waals surface area contributed by atoms with Gasteiger partial charge in [0, 0.05) is 28.4 Å². The molecule has 1 aromatic heterocycles. The van der Waals surface area contributed by atoms with E-state index in [1.165, 1.54) is 18.5 Å². The Labute approximate surface area is 150 Å². The summed E-state index contributed by atoms with van der Waals surface area (Å²) in [6, 6.07) is 9.91. The Morgan fingerprint density at radius 3 is 3.04 bits per heavy atom. The predicted molar refractivity (Wildman–Crippen MR) is 99.8 cm³/mol. The summed E-state index contributed by atoms with van der Waals surface area (Å²) in [5.41, 5.74) is 2.23. The average Bonchev–Trinajstić information content (AvgIpc) is 3.16. The number of rotatable bonds is 4. The number of benzene rings is 1. The fraction of sp³-hybridized carbons (Fsp3) is 0.222. The predicted octanol–water partition coefficient (Wildman–Crippen LogP) is 3.69. The third-order valence-corrected chi connectivity index (χ3v) is 4.81. The quantitative estimate of drug-likeness (QED) is 0.825. The van der Waals surface area contributed by atoms with Crippen LogP contribution < -0.4 is 15.1 Å². The van der Waals surface area contributed by atoms with E-state index in [1.54, 1.807) is 0 Å². The van der Waals surface area contributed by atoms with Crippen LogP contribution in [0.1, 0.15) is 24.5 Å². The van der Waals surface area contributed by atoms with Crippen LogP contribution in [0.2, 0.25) is 5.02 Å². The zero-order valence-corrected chi connectivity index (χ0v) is 14.2. The van der Waals surface area contributed by atoms with Gasteiger partial charge >= 0.3 is 0 Å². The molecule has 0 bridgehead atoms. The van der Waals surface area contributed by atoms with Gasteiger partial charge in [0.05, 0.1) is 12.4 Å². The van der Waals surface area contributed by atoms with Gasteiger partial charge in [-0.15, -0.1) is 0 Å². The minimum absolute atomic E-state index is 0.648. The van der Waals surface area contributed by atoms with Crippen LogP contribution in [0.3, 0.4) is 0 Å². The highest BCUT2D eigenvalue weighted by molar-refractivity contribution is 6.30. The van der Waals surface area contributed by atoms with Gasteiger partial charge in [0.15, 0.2) is 12.0 Å². The van der Waals surface area contributed by atoms with Gasteiger partial charge in [0.1, 0.15) is 6.54 Å². The second kappa shape index (κ2) is 5.75. The van der Waals surface area contributed by atoms with Gasteiger partial charge in [-0.05, 0) is 35.9 Å². The van der Waals surface area contributed by atoms with Crippen molar-refractivity contribution in [3.63, 3.8) is 0 Å². The maximum atomic E-state index is 6.15. The van der Waals surface area contributed by atoms with E-state index in [0.717, 1.165) is 28.2 Å². The van der Waals surface area contributed by atoms with E-state index in [9.17, 15) is 0 Å². The normalized spacial score (nSPS) is 19.6. The largest absolute Gasteiger partial charge is 0.329 e. The lowest BCUT2D eigenvalue weighted by atomic mass is 10.2. The van der Waals surface area contributed by atoms with Crippen molar-refractivity contribution in [2.75, 3.05) is 16.8 Å². The van der Waals surface area contributed by atoms with Crippen LogP contribution in [0.15, 0.2) is 59.7 Å². The molecule has 0 amide bonds. The number of aliphatic imine (C=N–C) groups is 1. The maximum absolute atomic E-state index is 6.15. The van der Waals surface area contributed by atoms with Crippen molar-refractivity contribution in [3.8, 4) is 0 Å². The third-order valence-electron chi connectivity index (χ3n) is 4.58. The molecule has 2 aromatic rings. The van der Waals surface area contributed by atoms with Gasteiger partial charge in [0.25, 0.3) is 11.7 Å². The topological polar surface area (TPSA) is 62.2 Å². The summed E-state index contributed by atoms with van der Waals surface area (Å²) in [4.78, 5) is 8.65. The van der Waals surface area contributed by atoms with Gasteiger partial charge in [-0.1, -0.05) is 17.7 Å². The molecule has 0 atom stereocenters. The zero-order chi connectivity index (χ0) is 16.8. The number of anilines is 2. The Hall–Kier alpha value is -2.57. The molecule has 3 heterocycles. The molecule has 1 saturated carbocycles. The van der Waals surface area contributed by atoms with Gasteiger partial charge in [-0.25, -0.2) is 0 Å². The van der Waals surface area contributed by atoms with Gasteiger partial charge in [-0.3, -0.25) is 10.4 Å². The first-order chi connectivity index (χ1) is 12.3. The van der Waals surface area contributed by atoms with Crippen LogP contribution in [0.5, 0.6) is 0 Å². The van der Waals surface area contributed by atoms with Gasteiger partial charge in [-0.2, -0.15) is 10.1 Å². The molecule has 0 saturated heterocycles. The standard InChI is InChI=1S/C18H17ClN6/c19-13-2-1-3-14(8-13)24-10-17-20-6-7-25(17)18(11-24)21-16-9-15(22-23-16)12-4-5-12/h1-3,6-9,11-12H,4-5,10H2,(H2,21,22,23)/q+1. The first-order valence-electron chi connectivity index (χ1n) is 8.35. The summed E-state index contributed by atoms with van der Waals surface area (Å²) in [7, 11) is 0. The number of halogens is 1. The van der Waals surface area contributed by atoms with Crippen LogP contribution in [0.4, 0.5) is 11.5 Å². The summed E-state index contributed by atoms with van der Waals surface area (Å²) in [6.07, 6.45) is 8.33. The van der Waals surface area contributed by atoms with Crippen molar-refractivity contribution in [3.05, 3.63) is 65.5 Å². The van der Waals surface area contributed by atoms with E-state index < -0.39 is 0 Å². The van der Waals surface area contributed by atoms with Crippen molar-refractivity contribution in [2.24, 2.45) is 4.99 Å². The molecule has 1 fully saturated rings. The van der Waals surface area contributed by atoms with Crippen LogP contribution in [0.25, 0.3) is 0 Å². The van der Waals surface area contributed by atoms with Crippen LogP contribution in [0, 0.1) is 0 Å². The van der Waals surface area contributed by atoms with E-state index in [4.69, 9.17) is 11.6 Å². The highest BCUT2D eigenvalue weighted by atomic mass is 35.5. The Bertz CT molecular complexity index is 908. The van der Waals surface area contributed by atoms with Gasteiger partial charge in [0.2, 0.25) is 0 Å². The number of aromatic nitrogens is 2. The number of aromatic amines is 1. The number of hydrogen-bond acceptors (Lipinski definition) is 5. The highest BCUT2D eigenvalue weighted by Crippen LogP contribution is 2.39. The molecule has 0 spiro atoms. The molecule has 5 rings (SSSR count). The number of nitrogens with one attached hydrogen (secondary N) is 2. The molecule has 1 aliphatic carbocycles. The molecule has 6 nitrogen and oxygen atoms in total. The first-order valence-corrected chi connectivity index (χ1v) is 8.73. The van der Waals surface area contributed by atoms with E-state index in [2.05, 4.69) is 37.7 Å². The number of nitrogens with zero attached hydrogens (tertiary/aromatic N) is 4. The summed E-state index contributed by atoms with van der Waals surface area (Å²) in [6.45, 7) is 0.687. The molecular formula is C18H17ClN6+. The van der Waals surface area contributed by atoms with Crippen LogP contribution in [-0.4, -0.2) is 22.6 Å². The molecule has 1 radical (unpaired) electrons. The number of H-pyrrole nitrogens is 1. The molecule has 7 heteroatoms. The van der Waals surface area contributed by atoms with E-state index in [-0.39, 0.29) is 0 Å². The first kappa shape index (κ1) is 14.7. The minimum atomic E-state index is 0.648. The number of hydrogen-bond donors (Lipinski definition) is 2. The lowest BCUT2D eigenvalue weighted by molar-refractivity contribution is 0.814. The Morgan fingerprint density at radius 1 is 1.28 bits per heavy atom. The van der Waals surface area contributed by atoms with E-state index in [1.807, 2.05) is 41.6 Å². The second-order valence-electron chi connectivity index (χ2n) is 6.44. The van der Waals surface area contributed by atoms with Crippen molar-refractivity contribution >= 4 is 28.9 Å². The SMILES string of the molecule is Clc1cccc(N2C=C(Nc3cc(C4CC4)[nH]n3)[N+]3C=CN=C3C2)c1. The molecule has 2 N–H and O–H groups in total. The highest BCUT2D eigenvalue weighted by Gasteiger charge is 2.37. The molecular weight excluding hydrogens is 336 g/mol. The number of amidine groups is 1. The Kier molecular flexibility index (Phi) is 3.39. The Balaban J connectivity index is 1.46. The third kappa shape index (κ3) is 2.83. The molecule has 1 aromatic carbocycles. The molecule has 2 aliphatic heterocycles. The average molecular weight is 353 g/mol. The maximum Gasteiger partial charge on any atom is 0.284 e. The van der Waals surface area contributed by atoms with E-state index >= 15 is 0 Å². The van der Waals surface area contributed by atoms with Crippen LogP contribution in [-0.2, 0) is 0 Å². The monoisotopic (exact) mass is 352 g/mol. The molecule has 0 unspecified atom stereocenters. The minimum Gasteiger partial charge on any atom is -0.329 e. The summed E-state index contributed by atoms with van der Waals surface area (Å²) in [5, 5.41) is 11.6. The molecule has 3 aliphatic rings. The van der Waals surface area contributed by atoms with Crippen LogP contribution >= 0.6 is 11.6 Å². The summed E-state index contributed by atoms with van der Waals surface area (Å²) in [5.74, 6) is 3.34. The van der Waals surface area contributed by atoms with Crippen molar-refractivity contribution in [1.82, 2.24) is 15.1 Å². The van der Waals surface area contributed by atoms with Crippen molar-refractivity contribution in [1.29, 1.82) is 0 Å². The van der Waals surface area contributed by atoms with Crippen molar-refractivity contribution < 1.29 is 0 Å². The lowest BCUT2D eigenvalue weighted by Crippen LogP contribution is -2.45. The van der Waals surface area contributed by atoms with Crippen molar-refractivity contribution in [2.45, 2.75) is 18.8 Å². The van der Waals surface area contributed by atoms with Gasteiger partial charge < -0.3 is 4.90 Å². The second-order valence-corrected chi connectivity index (χ2v) is 6.88. The fourth-order valence-corrected chi connectivity index (χ4v) is 3.31. The Morgan fingerprint density at radius 2 is 2.20 bits per heavy atom. The lowest BCUT2D eigenvalue weighted by Gasteiger charge is -2.25. The molecule has 25 heavy (non-hydrogen) atoms. The summed E-state index contributed by atoms with van der Waals surface area (Å²) >= 11 is 6.15. The summed E-state index contributed by atoms with van der Waals surface area (Å²) < 4.78 is 0. The smallest absolute Gasteiger partial charge is 0.284 e.